The third kappa shape index (κ3) is 6.56. The van der Waals surface area contributed by atoms with Crippen LogP contribution in [0.4, 0.5) is 0 Å². The second-order valence-corrected chi connectivity index (χ2v) is 8.25. The molecule has 1 fully saturated rings. The lowest BCUT2D eigenvalue weighted by atomic mass is 9.85. The zero-order valence-electron chi connectivity index (χ0n) is 17.3. The Balaban J connectivity index is 1.81. The van der Waals surface area contributed by atoms with Crippen LogP contribution in [0.3, 0.4) is 0 Å². The zero-order chi connectivity index (χ0) is 20.0. The largest absolute Gasteiger partial charge is 0.484 e. The van der Waals surface area contributed by atoms with Crippen molar-refractivity contribution in [2.45, 2.75) is 78.3 Å². The van der Waals surface area contributed by atoms with Crippen molar-refractivity contribution < 1.29 is 14.3 Å². The van der Waals surface area contributed by atoms with Crippen molar-refractivity contribution in [3.63, 3.8) is 0 Å². The van der Waals surface area contributed by atoms with E-state index in [9.17, 15) is 9.59 Å². The van der Waals surface area contributed by atoms with Crippen LogP contribution in [-0.4, -0.2) is 30.5 Å². The Labute approximate surface area is 163 Å². The standard InChI is InChI=1S/C22H34N2O3/c1-14(2)20-10-9-19(11-16(20)5)27-13-21(25)24-18-8-6-7-17(12-18)22(26)23-15(3)4/h9-11,14-15,17-18H,6-8,12-13H2,1-5H3,(H,23,26)(H,24,25). The molecule has 5 nitrogen and oxygen atoms in total. The van der Waals surface area contributed by atoms with Gasteiger partial charge < -0.3 is 15.4 Å². The first-order valence-electron chi connectivity index (χ1n) is 10.1. The summed E-state index contributed by atoms with van der Waals surface area (Å²) in [6, 6.07) is 6.15. The van der Waals surface area contributed by atoms with Gasteiger partial charge in [-0.25, -0.2) is 0 Å². The highest BCUT2D eigenvalue weighted by molar-refractivity contribution is 5.80. The summed E-state index contributed by atoms with van der Waals surface area (Å²) in [5.74, 6) is 1.13. The van der Waals surface area contributed by atoms with E-state index in [-0.39, 0.29) is 36.4 Å². The van der Waals surface area contributed by atoms with Crippen molar-refractivity contribution in [1.29, 1.82) is 0 Å². The van der Waals surface area contributed by atoms with E-state index in [1.165, 1.54) is 11.1 Å². The molecule has 0 aromatic heterocycles. The molecule has 1 aromatic carbocycles. The number of hydrogen-bond acceptors (Lipinski definition) is 3. The molecule has 2 atom stereocenters. The van der Waals surface area contributed by atoms with E-state index in [0.717, 1.165) is 19.3 Å². The van der Waals surface area contributed by atoms with Gasteiger partial charge in [0.2, 0.25) is 5.91 Å². The van der Waals surface area contributed by atoms with Crippen molar-refractivity contribution in [3.05, 3.63) is 29.3 Å². The van der Waals surface area contributed by atoms with Gasteiger partial charge in [-0.1, -0.05) is 26.3 Å². The fourth-order valence-electron chi connectivity index (χ4n) is 3.77. The molecule has 0 aliphatic heterocycles. The predicted molar refractivity (Wildman–Crippen MR) is 108 cm³/mol. The topological polar surface area (TPSA) is 67.4 Å². The Morgan fingerprint density at radius 3 is 2.56 bits per heavy atom. The van der Waals surface area contributed by atoms with Crippen molar-refractivity contribution in [2.24, 2.45) is 5.92 Å². The molecular weight excluding hydrogens is 340 g/mol. The second kappa shape index (κ2) is 9.77. The van der Waals surface area contributed by atoms with Crippen LogP contribution >= 0.6 is 0 Å². The minimum absolute atomic E-state index is 0.000176. The highest BCUT2D eigenvalue weighted by atomic mass is 16.5. The van der Waals surface area contributed by atoms with Gasteiger partial charge in [-0.05, 0) is 69.2 Å². The zero-order valence-corrected chi connectivity index (χ0v) is 17.3. The number of rotatable bonds is 7. The quantitative estimate of drug-likeness (QED) is 0.765. The Bertz CT molecular complexity index is 655. The van der Waals surface area contributed by atoms with Crippen LogP contribution in [0.1, 0.15) is 70.4 Å². The van der Waals surface area contributed by atoms with E-state index in [1.807, 2.05) is 26.0 Å². The molecule has 5 heteroatoms. The smallest absolute Gasteiger partial charge is 0.258 e. The molecule has 1 saturated carbocycles. The Morgan fingerprint density at radius 2 is 1.93 bits per heavy atom. The van der Waals surface area contributed by atoms with Crippen LogP contribution < -0.4 is 15.4 Å². The van der Waals surface area contributed by atoms with Gasteiger partial charge in [0.1, 0.15) is 5.75 Å². The SMILES string of the molecule is Cc1cc(OCC(=O)NC2CCCC(C(=O)NC(C)C)C2)ccc1C(C)C. The maximum absolute atomic E-state index is 12.3. The van der Waals surface area contributed by atoms with Crippen molar-refractivity contribution in [1.82, 2.24) is 10.6 Å². The van der Waals surface area contributed by atoms with Gasteiger partial charge in [0.25, 0.3) is 5.91 Å². The van der Waals surface area contributed by atoms with Gasteiger partial charge >= 0.3 is 0 Å². The van der Waals surface area contributed by atoms with Crippen molar-refractivity contribution >= 4 is 11.8 Å². The van der Waals surface area contributed by atoms with Crippen molar-refractivity contribution in [2.75, 3.05) is 6.61 Å². The first kappa shape index (κ1) is 21.3. The van der Waals surface area contributed by atoms with Crippen LogP contribution in [0.15, 0.2) is 18.2 Å². The van der Waals surface area contributed by atoms with Crippen LogP contribution in [-0.2, 0) is 9.59 Å². The molecule has 2 N–H and O–H groups in total. The van der Waals surface area contributed by atoms with Gasteiger partial charge in [-0.15, -0.1) is 0 Å². The molecule has 0 saturated heterocycles. The van der Waals surface area contributed by atoms with Gasteiger partial charge in [-0.3, -0.25) is 9.59 Å². The monoisotopic (exact) mass is 374 g/mol. The average molecular weight is 375 g/mol. The Hall–Kier alpha value is -2.04. The summed E-state index contributed by atoms with van der Waals surface area (Å²) in [7, 11) is 0. The lowest BCUT2D eigenvalue weighted by Gasteiger charge is -2.29. The lowest BCUT2D eigenvalue weighted by molar-refractivity contribution is -0.128. The number of ether oxygens (including phenoxy) is 1. The van der Waals surface area contributed by atoms with E-state index >= 15 is 0 Å². The number of amides is 2. The summed E-state index contributed by atoms with van der Waals surface area (Å²) in [4.78, 5) is 24.5. The Kier molecular flexibility index (Phi) is 7.69. The minimum atomic E-state index is -0.129. The molecule has 0 heterocycles. The number of hydrogen-bond donors (Lipinski definition) is 2. The van der Waals surface area contributed by atoms with E-state index in [4.69, 9.17) is 4.74 Å². The van der Waals surface area contributed by atoms with Crippen molar-refractivity contribution in [3.8, 4) is 5.75 Å². The van der Waals surface area contributed by atoms with Gasteiger partial charge in [0, 0.05) is 18.0 Å². The van der Waals surface area contributed by atoms with Crippen LogP contribution in [0.2, 0.25) is 0 Å². The van der Waals surface area contributed by atoms with E-state index in [1.54, 1.807) is 0 Å². The average Bonchev–Trinajstić information content (AvgIpc) is 2.59. The number of benzene rings is 1. The maximum atomic E-state index is 12.3. The molecule has 1 aliphatic carbocycles. The first-order chi connectivity index (χ1) is 12.8. The fraction of sp³-hybridized carbons (Fsp3) is 0.636. The predicted octanol–water partition coefficient (Wildman–Crippen LogP) is 3.70. The molecule has 150 valence electrons. The lowest BCUT2D eigenvalue weighted by Crippen LogP contribution is -2.44. The number of aryl methyl sites for hydroxylation is 1. The van der Waals surface area contributed by atoms with Gasteiger partial charge in [0.05, 0.1) is 0 Å². The highest BCUT2D eigenvalue weighted by Crippen LogP contribution is 2.25. The van der Waals surface area contributed by atoms with Crippen LogP contribution in [0, 0.1) is 12.8 Å². The summed E-state index contributed by atoms with van der Waals surface area (Å²) in [6.45, 7) is 10.3. The number of carbonyl (C=O) groups is 2. The molecule has 1 aromatic rings. The summed E-state index contributed by atoms with van der Waals surface area (Å²) in [5.41, 5.74) is 2.47. The van der Waals surface area contributed by atoms with Gasteiger partial charge in [0.15, 0.2) is 6.61 Å². The molecule has 0 radical (unpaired) electrons. The summed E-state index contributed by atoms with van der Waals surface area (Å²) in [5, 5.41) is 6.00. The molecule has 2 amide bonds. The second-order valence-electron chi connectivity index (χ2n) is 8.25. The molecular formula is C22H34N2O3. The molecule has 0 bridgehead atoms. The normalized spacial score (nSPS) is 19.8. The fourth-order valence-corrected chi connectivity index (χ4v) is 3.77. The number of nitrogens with one attached hydrogen (secondary N) is 2. The number of carbonyl (C=O) groups excluding carboxylic acids is 2. The summed E-state index contributed by atoms with van der Waals surface area (Å²) >= 11 is 0. The summed E-state index contributed by atoms with van der Waals surface area (Å²) < 4.78 is 5.66. The molecule has 2 rings (SSSR count). The van der Waals surface area contributed by atoms with E-state index < -0.39 is 0 Å². The highest BCUT2D eigenvalue weighted by Gasteiger charge is 2.28. The molecule has 0 spiro atoms. The third-order valence-corrected chi connectivity index (χ3v) is 5.07. The van der Waals surface area contributed by atoms with Crippen LogP contribution in [0.25, 0.3) is 0 Å². The first-order valence-corrected chi connectivity index (χ1v) is 10.1. The van der Waals surface area contributed by atoms with E-state index in [2.05, 4.69) is 37.5 Å². The Morgan fingerprint density at radius 1 is 1.19 bits per heavy atom. The van der Waals surface area contributed by atoms with Gasteiger partial charge in [-0.2, -0.15) is 0 Å². The molecule has 2 unspecified atom stereocenters. The third-order valence-electron chi connectivity index (χ3n) is 5.07. The molecule has 27 heavy (non-hydrogen) atoms. The maximum Gasteiger partial charge on any atom is 0.258 e. The minimum Gasteiger partial charge on any atom is -0.484 e. The summed E-state index contributed by atoms with van der Waals surface area (Å²) in [6.07, 6.45) is 3.46. The van der Waals surface area contributed by atoms with E-state index in [0.29, 0.717) is 18.1 Å². The van der Waals surface area contributed by atoms with Crippen LogP contribution in [0.5, 0.6) is 5.75 Å². The molecule has 1 aliphatic rings.